The number of hydrogen-bond donors (Lipinski definition) is 3. The van der Waals surface area contributed by atoms with E-state index in [4.69, 9.17) is 10.5 Å². The molecule has 1 heterocycles. The smallest absolute Gasteiger partial charge is 0.411 e. The second kappa shape index (κ2) is 11.0. The molecule has 2 aromatic rings. The summed E-state index contributed by atoms with van der Waals surface area (Å²) < 4.78 is 9.80. The van der Waals surface area contributed by atoms with Crippen LogP contribution in [0.25, 0.3) is 11.1 Å². The average molecular weight is 444 g/mol. The lowest BCUT2D eigenvalue weighted by molar-refractivity contribution is -0.118. The van der Waals surface area contributed by atoms with Gasteiger partial charge in [-0.3, -0.25) is 10.1 Å². The van der Waals surface area contributed by atoms with Crippen molar-refractivity contribution in [2.75, 3.05) is 17.7 Å². The van der Waals surface area contributed by atoms with E-state index in [1.54, 1.807) is 31.2 Å². The van der Waals surface area contributed by atoms with Crippen LogP contribution in [0.15, 0.2) is 55.0 Å². The highest BCUT2D eigenvalue weighted by molar-refractivity contribution is 7.10. The van der Waals surface area contributed by atoms with Crippen molar-refractivity contribution in [3.63, 3.8) is 0 Å². The zero-order valence-electron chi connectivity index (χ0n) is 17.3. The van der Waals surface area contributed by atoms with E-state index in [-0.39, 0.29) is 5.91 Å². The highest BCUT2D eigenvalue weighted by atomic mass is 32.1. The average Bonchev–Trinajstić information content (AvgIpc) is 3.22. The minimum atomic E-state index is -0.869. The topological polar surface area (TPSA) is 120 Å². The Balaban J connectivity index is 2.44. The number of rotatable bonds is 9. The number of amides is 3. The summed E-state index contributed by atoms with van der Waals surface area (Å²) in [6, 6.07) is 6.95. The minimum Gasteiger partial charge on any atom is -0.453 e. The van der Waals surface area contributed by atoms with Crippen LogP contribution < -0.4 is 16.4 Å². The van der Waals surface area contributed by atoms with Crippen molar-refractivity contribution in [2.24, 2.45) is 11.7 Å². The van der Waals surface area contributed by atoms with Gasteiger partial charge in [-0.05, 0) is 29.1 Å². The van der Waals surface area contributed by atoms with Crippen molar-refractivity contribution in [3.8, 4) is 11.1 Å². The summed E-state index contributed by atoms with van der Waals surface area (Å²) in [7, 11) is 1.26. The van der Waals surface area contributed by atoms with Crippen LogP contribution in [0.4, 0.5) is 21.0 Å². The number of hydrogen-bond acceptors (Lipinski definition) is 6. The van der Waals surface area contributed by atoms with Crippen LogP contribution in [0.1, 0.15) is 24.3 Å². The van der Waals surface area contributed by atoms with Crippen molar-refractivity contribution in [1.82, 2.24) is 0 Å². The molecule has 31 heavy (non-hydrogen) atoms. The minimum absolute atomic E-state index is 0.247. The Morgan fingerprint density at radius 3 is 2.58 bits per heavy atom. The van der Waals surface area contributed by atoms with Crippen molar-refractivity contribution < 1.29 is 23.9 Å². The molecular weight excluding hydrogens is 418 g/mol. The van der Waals surface area contributed by atoms with E-state index in [1.807, 2.05) is 11.4 Å². The quantitative estimate of drug-likeness (QED) is 0.468. The molecule has 2 rings (SSSR count). The van der Waals surface area contributed by atoms with E-state index in [1.165, 1.54) is 24.5 Å². The van der Waals surface area contributed by atoms with Gasteiger partial charge >= 0.3 is 12.2 Å². The summed E-state index contributed by atoms with van der Waals surface area (Å²) in [5.41, 5.74) is 7.64. The summed E-state index contributed by atoms with van der Waals surface area (Å²) in [6.07, 6.45) is 1.54. The number of benzene rings is 1. The van der Waals surface area contributed by atoms with E-state index in [0.29, 0.717) is 17.8 Å². The Kier molecular flexibility index (Phi) is 8.39. The molecule has 0 saturated carbocycles. The standard InChI is InChI=1S/C22H25N3O5S/c1-5-7-18(30-21(23)27)19-10-14(12-31-19)16-9-8-15(24-22(28)29-4)11-17(16)25-20(26)13(3)6-2/h5-6,8-13,18H,1-2,7H2,3-4H3,(H2,23,27)(H,24,28)(H,25,26)/t13?,18-/m0/s1. The third-order valence-electron chi connectivity index (χ3n) is 4.36. The number of carbonyl (C=O) groups excluding carboxylic acids is 3. The number of methoxy groups -OCH3 is 1. The first-order chi connectivity index (χ1) is 14.8. The number of carbonyl (C=O) groups is 3. The summed E-state index contributed by atoms with van der Waals surface area (Å²) in [4.78, 5) is 36.0. The van der Waals surface area contributed by atoms with Gasteiger partial charge in [0, 0.05) is 22.5 Å². The first kappa shape index (κ1) is 23.7. The predicted molar refractivity (Wildman–Crippen MR) is 122 cm³/mol. The van der Waals surface area contributed by atoms with E-state index >= 15 is 0 Å². The Labute approximate surface area is 184 Å². The van der Waals surface area contributed by atoms with Gasteiger partial charge < -0.3 is 20.5 Å². The van der Waals surface area contributed by atoms with Crippen LogP contribution in [0, 0.1) is 5.92 Å². The first-order valence-corrected chi connectivity index (χ1v) is 10.2. The third-order valence-corrected chi connectivity index (χ3v) is 5.39. The van der Waals surface area contributed by atoms with Gasteiger partial charge in [-0.15, -0.1) is 24.5 Å². The second-order valence-corrected chi connectivity index (χ2v) is 7.52. The molecule has 0 radical (unpaired) electrons. The maximum Gasteiger partial charge on any atom is 0.411 e. The number of nitrogens with one attached hydrogen (secondary N) is 2. The van der Waals surface area contributed by atoms with E-state index in [2.05, 4.69) is 28.5 Å². The van der Waals surface area contributed by atoms with Crippen molar-refractivity contribution in [1.29, 1.82) is 0 Å². The Bertz CT molecular complexity index is 985. The monoisotopic (exact) mass is 443 g/mol. The predicted octanol–water partition coefficient (Wildman–Crippen LogP) is 5.07. The highest BCUT2D eigenvalue weighted by Gasteiger charge is 2.19. The Hall–Kier alpha value is -3.59. The molecule has 164 valence electrons. The van der Waals surface area contributed by atoms with Crippen molar-refractivity contribution >= 4 is 40.8 Å². The molecule has 0 saturated heterocycles. The lowest BCUT2D eigenvalue weighted by atomic mass is 10.0. The van der Waals surface area contributed by atoms with E-state index in [0.717, 1.165) is 16.0 Å². The fourth-order valence-corrected chi connectivity index (χ4v) is 3.63. The molecule has 2 atom stereocenters. The molecule has 9 heteroatoms. The second-order valence-electron chi connectivity index (χ2n) is 6.58. The number of nitrogens with two attached hydrogens (primary N) is 1. The van der Waals surface area contributed by atoms with Crippen LogP contribution in [-0.4, -0.2) is 25.2 Å². The molecular formula is C22H25N3O5S. The largest absolute Gasteiger partial charge is 0.453 e. The molecule has 3 amide bonds. The summed E-state index contributed by atoms with van der Waals surface area (Å²) in [6.45, 7) is 9.05. The van der Waals surface area contributed by atoms with Crippen LogP contribution in [0.2, 0.25) is 0 Å². The zero-order chi connectivity index (χ0) is 23.0. The van der Waals surface area contributed by atoms with Crippen molar-refractivity contribution in [2.45, 2.75) is 19.4 Å². The third kappa shape index (κ3) is 6.45. The normalized spacial score (nSPS) is 12.2. The number of anilines is 2. The summed E-state index contributed by atoms with van der Waals surface area (Å²) in [5, 5.41) is 7.32. The molecule has 0 aliphatic carbocycles. The molecule has 0 aliphatic heterocycles. The van der Waals surface area contributed by atoms with Gasteiger partial charge in [-0.1, -0.05) is 25.1 Å². The van der Waals surface area contributed by atoms with Crippen LogP contribution >= 0.6 is 11.3 Å². The molecule has 0 aliphatic rings. The number of primary amides is 1. The van der Waals surface area contributed by atoms with Gasteiger partial charge in [0.25, 0.3) is 0 Å². The zero-order valence-corrected chi connectivity index (χ0v) is 18.2. The lowest BCUT2D eigenvalue weighted by Crippen LogP contribution is -2.19. The number of thiophene rings is 1. The lowest BCUT2D eigenvalue weighted by Gasteiger charge is -2.15. The molecule has 0 spiro atoms. The van der Waals surface area contributed by atoms with Crippen LogP contribution in [0.3, 0.4) is 0 Å². The maximum atomic E-state index is 12.5. The Morgan fingerprint density at radius 1 is 1.23 bits per heavy atom. The van der Waals surface area contributed by atoms with Crippen LogP contribution in [0.5, 0.6) is 0 Å². The van der Waals surface area contributed by atoms with Crippen LogP contribution in [-0.2, 0) is 14.3 Å². The van der Waals surface area contributed by atoms with Crippen molar-refractivity contribution in [3.05, 3.63) is 59.8 Å². The molecule has 1 aromatic carbocycles. The molecule has 1 unspecified atom stereocenters. The first-order valence-electron chi connectivity index (χ1n) is 9.37. The molecule has 8 nitrogen and oxygen atoms in total. The molecule has 0 fully saturated rings. The fraction of sp³-hybridized carbons (Fsp3) is 0.227. The van der Waals surface area contributed by atoms with Gasteiger partial charge in [0.15, 0.2) is 0 Å². The molecule has 1 aromatic heterocycles. The van der Waals surface area contributed by atoms with Gasteiger partial charge in [0.2, 0.25) is 5.91 Å². The Morgan fingerprint density at radius 2 is 1.97 bits per heavy atom. The van der Waals surface area contributed by atoms with Gasteiger partial charge in [-0.2, -0.15) is 0 Å². The molecule has 0 bridgehead atoms. The van der Waals surface area contributed by atoms with E-state index in [9.17, 15) is 14.4 Å². The van der Waals surface area contributed by atoms with E-state index < -0.39 is 24.2 Å². The van der Waals surface area contributed by atoms with Gasteiger partial charge in [-0.25, -0.2) is 9.59 Å². The van der Waals surface area contributed by atoms with Gasteiger partial charge in [0.1, 0.15) is 6.10 Å². The summed E-state index contributed by atoms with van der Waals surface area (Å²) in [5.74, 6) is -0.660. The maximum absolute atomic E-state index is 12.5. The fourth-order valence-electron chi connectivity index (χ4n) is 2.68. The molecule has 4 N–H and O–H groups in total. The summed E-state index contributed by atoms with van der Waals surface area (Å²) >= 11 is 1.39. The van der Waals surface area contributed by atoms with Gasteiger partial charge in [0.05, 0.1) is 18.7 Å². The SMILES string of the molecule is C=CC[C@H](OC(N)=O)c1cc(-c2ccc(NC(=O)OC)cc2NC(=O)C(C)C=C)cs1. The number of ether oxygens (including phenoxy) is 2. The highest BCUT2D eigenvalue weighted by Crippen LogP contribution is 2.37.